The van der Waals surface area contributed by atoms with Gasteiger partial charge in [-0.15, -0.1) is 0 Å². The summed E-state index contributed by atoms with van der Waals surface area (Å²) in [5.74, 6) is 0. The van der Waals surface area contributed by atoms with Gasteiger partial charge in [0, 0.05) is 6.20 Å². The molecule has 1 aromatic heterocycles. The summed E-state index contributed by atoms with van der Waals surface area (Å²) >= 11 is 0. The zero-order chi connectivity index (χ0) is 9.47. The number of epoxide rings is 1. The van der Waals surface area contributed by atoms with E-state index in [0.29, 0.717) is 6.61 Å². The summed E-state index contributed by atoms with van der Waals surface area (Å²) in [4.78, 5) is 3.66. The highest BCUT2D eigenvalue weighted by molar-refractivity contribution is 5.26. The molecule has 2 rings (SSSR count). The van der Waals surface area contributed by atoms with E-state index in [1.54, 1.807) is 0 Å². The molecule has 0 amide bonds. The number of pyridine rings is 1. The summed E-state index contributed by atoms with van der Waals surface area (Å²) in [7, 11) is 0. The van der Waals surface area contributed by atoms with Crippen LogP contribution in [0.2, 0.25) is 0 Å². The number of nitrogens with zero attached hydrogens (tertiary/aromatic N) is 1. The normalized spacial score (nSPS) is 21.6. The number of halogens is 3. The Hall–Kier alpha value is -1.10. The van der Waals surface area contributed by atoms with Crippen LogP contribution < -0.4 is 0 Å². The number of ether oxygens (including phenoxy) is 1. The Kier molecular flexibility index (Phi) is 1.76. The minimum atomic E-state index is -4.34. The van der Waals surface area contributed by atoms with Crippen molar-refractivity contribution in [3.8, 4) is 0 Å². The van der Waals surface area contributed by atoms with Gasteiger partial charge < -0.3 is 4.74 Å². The van der Waals surface area contributed by atoms with E-state index in [-0.39, 0.29) is 5.69 Å². The summed E-state index contributed by atoms with van der Waals surface area (Å²) in [6.07, 6.45) is -3.46. The Morgan fingerprint density at radius 1 is 1.46 bits per heavy atom. The predicted molar refractivity (Wildman–Crippen MR) is 37.9 cm³/mol. The van der Waals surface area contributed by atoms with Crippen molar-refractivity contribution in [3.63, 3.8) is 0 Å². The molecule has 5 heteroatoms. The van der Waals surface area contributed by atoms with Gasteiger partial charge in [0.25, 0.3) is 0 Å². The van der Waals surface area contributed by atoms with Gasteiger partial charge in [0.15, 0.2) is 0 Å². The highest BCUT2D eigenvalue weighted by Crippen LogP contribution is 2.38. The summed E-state index contributed by atoms with van der Waals surface area (Å²) in [6, 6.07) is 2.29. The van der Waals surface area contributed by atoms with E-state index in [1.165, 1.54) is 12.3 Å². The quantitative estimate of drug-likeness (QED) is 0.632. The van der Waals surface area contributed by atoms with Gasteiger partial charge in [-0.05, 0) is 12.1 Å². The molecule has 1 fully saturated rings. The predicted octanol–water partition coefficient (Wildman–Crippen LogP) is 2.17. The van der Waals surface area contributed by atoms with Gasteiger partial charge in [-0.2, -0.15) is 13.2 Å². The van der Waals surface area contributed by atoms with E-state index in [2.05, 4.69) is 4.98 Å². The summed E-state index contributed by atoms with van der Waals surface area (Å²) in [6.45, 7) is 0.333. The van der Waals surface area contributed by atoms with Gasteiger partial charge in [-0.1, -0.05) is 0 Å². The molecule has 0 radical (unpaired) electrons. The second-order valence-electron chi connectivity index (χ2n) is 2.76. The van der Waals surface area contributed by atoms with Crippen LogP contribution in [0.3, 0.4) is 0 Å². The van der Waals surface area contributed by atoms with E-state index in [0.717, 1.165) is 6.07 Å². The monoisotopic (exact) mass is 189 g/mol. The Morgan fingerprint density at radius 3 is 2.69 bits per heavy atom. The van der Waals surface area contributed by atoms with E-state index in [9.17, 15) is 13.2 Å². The van der Waals surface area contributed by atoms with Crippen LogP contribution in [0.1, 0.15) is 17.4 Å². The van der Waals surface area contributed by atoms with Crippen molar-refractivity contribution >= 4 is 0 Å². The molecule has 0 N–H and O–H groups in total. The van der Waals surface area contributed by atoms with Crippen LogP contribution in [0.4, 0.5) is 13.2 Å². The van der Waals surface area contributed by atoms with E-state index in [4.69, 9.17) is 4.74 Å². The van der Waals surface area contributed by atoms with Crippen LogP contribution in [-0.2, 0) is 10.9 Å². The average molecular weight is 189 g/mol. The second-order valence-corrected chi connectivity index (χ2v) is 2.76. The minimum Gasteiger partial charge on any atom is -0.366 e. The van der Waals surface area contributed by atoms with E-state index >= 15 is 0 Å². The zero-order valence-electron chi connectivity index (χ0n) is 6.51. The fourth-order valence-electron chi connectivity index (χ4n) is 1.12. The summed E-state index contributed by atoms with van der Waals surface area (Å²) in [5, 5.41) is 0. The van der Waals surface area contributed by atoms with Crippen LogP contribution in [0.25, 0.3) is 0 Å². The Morgan fingerprint density at radius 2 is 2.15 bits per heavy atom. The van der Waals surface area contributed by atoms with Gasteiger partial charge in [0.2, 0.25) is 0 Å². The van der Waals surface area contributed by atoms with Gasteiger partial charge in [0.1, 0.15) is 6.10 Å². The van der Waals surface area contributed by atoms with Crippen molar-refractivity contribution in [2.75, 3.05) is 6.61 Å². The van der Waals surface area contributed by atoms with Crippen LogP contribution in [0.5, 0.6) is 0 Å². The third-order valence-corrected chi connectivity index (χ3v) is 1.78. The van der Waals surface area contributed by atoms with Crippen LogP contribution in [0.15, 0.2) is 18.3 Å². The maximum absolute atomic E-state index is 12.3. The Labute approximate surface area is 72.4 Å². The topological polar surface area (TPSA) is 25.4 Å². The number of hydrogen-bond acceptors (Lipinski definition) is 2. The molecular formula is C8H6F3NO. The molecular weight excluding hydrogens is 183 g/mol. The second kappa shape index (κ2) is 2.70. The fourth-order valence-corrected chi connectivity index (χ4v) is 1.12. The average Bonchev–Trinajstić information content (AvgIpc) is 2.85. The van der Waals surface area contributed by atoms with Gasteiger partial charge >= 0.3 is 6.18 Å². The first-order valence-electron chi connectivity index (χ1n) is 3.73. The number of aromatic nitrogens is 1. The molecule has 1 aliphatic rings. The molecule has 1 aromatic rings. The lowest BCUT2D eigenvalue weighted by molar-refractivity contribution is -0.138. The molecule has 2 heterocycles. The molecule has 70 valence electrons. The van der Waals surface area contributed by atoms with Gasteiger partial charge in [0.05, 0.1) is 17.9 Å². The molecule has 1 saturated heterocycles. The molecule has 1 unspecified atom stereocenters. The lowest BCUT2D eigenvalue weighted by Gasteiger charge is -2.09. The van der Waals surface area contributed by atoms with E-state index < -0.39 is 17.8 Å². The lowest BCUT2D eigenvalue weighted by Crippen LogP contribution is -2.09. The standard InChI is InChI=1S/C8H6F3NO/c9-8(10,11)5-2-1-3-12-7(5)6-4-13-6/h1-3,6H,4H2. The summed E-state index contributed by atoms with van der Waals surface area (Å²) < 4.78 is 41.8. The van der Waals surface area contributed by atoms with Crippen molar-refractivity contribution in [1.29, 1.82) is 0 Å². The Bertz CT molecular complexity index is 319. The molecule has 1 atom stereocenters. The molecule has 0 saturated carbocycles. The Balaban J connectivity index is 2.43. The number of hydrogen-bond donors (Lipinski definition) is 0. The fraction of sp³-hybridized carbons (Fsp3) is 0.375. The minimum absolute atomic E-state index is 0.00463. The third-order valence-electron chi connectivity index (χ3n) is 1.78. The summed E-state index contributed by atoms with van der Waals surface area (Å²) in [5.41, 5.74) is -0.701. The maximum Gasteiger partial charge on any atom is 0.418 e. The van der Waals surface area contributed by atoms with Crippen LogP contribution in [0, 0.1) is 0 Å². The largest absolute Gasteiger partial charge is 0.418 e. The van der Waals surface area contributed by atoms with Crippen molar-refractivity contribution in [2.24, 2.45) is 0 Å². The molecule has 0 bridgehead atoms. The maximum atomic E-state index is 12.3. The van der Waals surface area contributed by atoms with Crippen LogP contribution in [-0.4, -0.2) is 11.6 Å². The van der Waals surface area contributed by atoms with Gasteiger partial charge in [-0.3, -0.25) is 4.98 Å². The van der Waals surface area contributed by atoms with Crippen molar-refractivity contribution in [1.82, 2.24) is 4.98 Å². The smallest absolute Gasteiger partial charge is 0.366 e. The third kappa shape index (κ3) is 1.65. The van der Waals surface area contributed by atoms with Crippen LogP contribution >= 0.6 is 0 Å². The molecule has 0 aliphatic carbocycles. The van der Waals surface area contributed by atoms with Crippen molar-refractivity contribution in [2.45, 2.75) is 12.3 Å². The highest BCUT2D eigenvalue weighted by atomic mass is 19.4. The molecule has 2 nitrogen and oxygen atoms in total. The first kappa shape index (κ1) is 8.50. The van der Waals surface area contributed by atoms with Gasteiger partial charge in [-0.25, -0.2) is 0 Å². The molecule has 13 heavy (non-hydrogen) atoms. The molecule has 0 spiro atoms. The van der Waals surface area contributed by atoms with E-state index in [1.807, 2.05) is 0 Å². The number of alkyl halides is 3. The molecule has 1 aliphatic heterocycles. The zero-order valence-corrected chi connectivity index (χ0v) is 6.51. The molecule has 0 aromatic carbocycles. The SMILES string of the molecule is FC(F)(F)c1cccnc1C1CO1. The first-order valence-corrected chi connectivity index (χ1v) is 3.73. The first-order chi connectivity index (χ1) is 6.09. The highest BCUT2D eigenvalue weighted by Gasteiger charge is 2.39. The lowest BCUT2D eigenvalue weighted by atomic mass is 10.1. The van der Waals surface area contributed by atoms with Crippen molar-refractivity contribution < 1.29 is 17.9 Å². The van der Waals surface area contributed by atoms with Crippen molar-refractivity contribution in [3.05, 3.63) is 29.6 Å². The number of rotatable bonds is 1.